The highest BCUT2D eigenvalue weighted by Crippen LogP contribution is 2.37. The highest BCUT2D eigenvalue weighted by atomic mass is 32.1. The lowest BCUT2D eigenvalue weighted by Gasteiger charge is -2.38. The van der Waals surface area contributed by atoms with Gasteiger partial charge < -0.3 is 30.1 Å². The van der Waals surface area contributed by atoms with E-state index in [-0.39, 0.29) is 18.2 Å². The van der Waals surface area contributed by atoms with Gasteiger partial charge in [-0.15, -0.1) is 0 Å². The van der Waals surface area contributed by atoms with Crippen LogP contribution in [0.5, 0.6) is 0 Å². The number of carbonyl (C=O) groups is 1. The van der Waals surface area contributed by atoms with E-state index in [9.17, 15) is 9.90 Å². The number of benzene rings is 1. The summed E-state index contributed by atoms with van der Waals surface area (Å²) in [6.07, 6.45) is 8.30. The molecule has 10 heteroatoms. The van der Waals surface area contributed by atoms with Crippen molar-refractivity contribution in [2.45, 2.75) is 76.5 Å². The van der Waals surface area contributed by atoms with Gasteiger partial charge in [0.1, 0.15) is 0 Å². The van der Waals surface area contributed by atoms with Crippen LogP contribution >= 0.6 is 11.7 Å². The Bertz CT molecular complexity index is 971. The molecule has 1 aliphatic carbocycles. The van der Waals surface area contributed by atoms with Gasteiger partial charge in [0.25, 0.3) is 0 Å². The van der Waals surface area contributed by atoms with E-state index in [1.54, 1.807) is 7.11 Å². The highest BCUT2D eigenvalue weighted by molar-refractivity contribution is 6.99. The topological polar surface area (TPSA) is 109 Å². The first-order valence-electron chi connectivity index (χ1n) is 14.0. The fraction of sp³-hybridized carbons (Fsp3) is 0.679. The minimum absolute atomic E-state index is 0.0200. The van der Waals surface area contributed by atoms with Gasteiger partial charge in [0, 0.05) is 38.7 Å². The predicted octanol–water partition coefficient (Wildman–Crippen LogP) is 5.57. The molecular weight excluding hydrogens is 502 g/mol. The molecule has 0 radical (unpaired) electrons. The molecule has 2 aliphatic rings. The number of anilines is 2. The average Bonchev–Trinajstić information content (AvgIpc) is 3.41. The molecule has 1 amide bonds. The first kappa shape index (κ1) is 28.6. The number of amides is 1. The third-order valence-corrected chi connectivity index (χ3v) is 8.40. The van der Waals surface area contributed by atoms with Crippen molar-refractivity contribution in [3.8, 4) is 0 Å². The minimum Gasteiger partial charge on any atom is -0.465 e. The van der Waals surface area contributed by atoms with Crippen molar-refractivity contribution < 1.29 is 19.4 Å². The molecule has 3 N–H and O–H groups in total. The molecule has 0 bridgehead atoms. The van der Waals surface area contributed by atoms with E-state index < -0.39 is 6.09 Å². The molecule has 38 heavy (non-hydrogen) atoms. The molecule has 4 rings (SSSR count). The molecule has 1 aliphatic heterocycles. The third-order valence-electron chi connectivity index (χ3n) is 7.88. The minimum atomic E-state index is -0.995. The van der Waals surface area contributed by atoms with Crippen molar-refractivity contribution in [3.05, 3.63) is 35.9 Å². The number of ether oxygens (including phenoxy) is 2. The Morgan fingerprint density at radius 2 is 1.95 bits per heavy atom. The molecule has 4 atom stereocenters. The molecule has 210 valence electrons. The molecule has 3 unspecified atom stereocenters. The van der Waals surface area contributed by atoms with Gasteiger partial charge in [-0.1, -0.05) is 62.4 Å². The van der Waals surface area contributed by atoms with Crippen molar-refractivity contribution in [2.75, 3.05) is 43.6 Å². The normalized spacial score (nSPS) is 21.0. The van der Waals surface area contributed by atoms with E-state index in [1.807, 2.05) is 13.0 Å². The molecule has 2 fully saturated rings. The second kappa shape index (κ2) is 14.6. The van der Waals surface area contributed by atoms with Crippen molar-refractivity contribution in [1.82, 2.24) is 14.1 Å². The maximum absolute atomic E-state index is 11.3. The van der Waals surface area contributed by atoms with Gasteiger partial charge in [-0.05, 0) is 37.7 Å². The third kappa shape index (κ3) is 8.28. The quantitative estimate of drug-likeness (QED) is 0.300. The van der Waals surface area contributed by atoms with Crippen LogP contribution in [-0.2, 0) is 9.47 Å². The first-order valence-corrected chi connectivity index (χ1v) is 14.8. The molecule has 2 aromatic rings. The Labute approximate surface area is 230 Å². The number of piperidine rings is 1. The van der Waals surface area contributed by atoms with Crippen LogP contribution in [-0.4, -0.2) is 65.4 Å². The Morgan fingerprint density at radius 3 is 2.68 bits per heavy atom. The summed E-state index contributed by atoms with van der Waals surface area (Å²) in [4.78, 5) is 13.6. The molecule has 1 saturated carbocycles. The van der Waals surface area contributed by atoms with Crippen molar-refractivity contribution in [3.63, 3.8) is 0 Å². The molecule has 2 heterocycles. The number of hydrogen-bond donors (Lipinski definition) is 3. The van der Waals surface area contributed by atoms with E-state index in [1.165, 1.54) is 49.4 Å². The van der Waals surface area contributed by atoms with Crippen LogP contribution in [0.4, 0.5) is 16.4 Å². The van der Waals surface area contributed by atoms with E-state index in [0.29, 0.717) is 25.0 Å². The van der Waals surface area contributed by atoms with E-state index in [2.05, 4.69) is 48.5 Å². The van der Waals surface area contributed by atoms with Crippen LogP contribution in [0.25, 0.3) is 0 Å². The number of nitrogens with zero attached hydrogens (tertiary/aromatic N) is 3. The molecule has 1 aromatic heterocycles. The van der Waals surface area contributed by atoms with Gasteiger partial charge in [0.15, 0.2) is 11.6 Å². The maximum Gasteiger partial charge on any atom is 0.404 e. The smallest absolute Gasteiger partial charge is 0.404 e. The number of methoxy groups -OCH3 is 1. The lowest BCUT2D eigenvalue weighted by Crippen LogP contribution is -2.40. The zero-order valence-electron chi connectivity index (χ0n) is 22.7. The maximum atomic E-state index is 11.3. The number of carboxylic acid groups (broad SMARTS) is 1. The zero-order valence-corrected chi connectivity index (χ0v) is 23.5. The van der Waals surface area contributed by atoms with E-state index in [0.717, 1.165) is 44.0 Å². The summed E-state index contributed by atoms with van der Waals surface area (Å²) in [5, 5.41) is 15.4. The van der Waals surface area contributed by atoms with Gasteiger partial charge in [-0.25, -0.2) is 4.79 Å². The van der Waals surface area contributed by atoms with Gasteiger partial charge in [0.2, 0.25) is 0 Å². The summed E-state index contributed by atoms with van der Waals surface area (Å²) in [5.74, 6) is 2.54. The fourth-order valence-electron chi connectivity index (χ4n) is 5.81. The summed E-state index contributed by atoms with van der Waals surface area (Å²) in [6.45, 7) is 4.65. The van der Waals surface area contributed by atoms with Crippen LogP contribution in [0.2, 0.25) is 0 Å². The summed E-state index contributed by atoms with van der Waals surface area (Å²) in [5.41, 5.74) is 1.18. The lowest BCUT2D eigenvalue weighted by atomic mass is 9.85. The average molecular weight is 546 g/mol. The highest BCUT2D eigenvalue weighted by Gasteiger charge is 2.32. The van der Waals surface area contributed by atoms with Crippen LogP contribution in [0.3, 0.4) is 0 Å². The molecule has 1 aromatic carbocycles. The Balaban J connectivity index is 1.46. The van der Waals surface area contributed by atoms with Gasteiger partial charge in [0.05, 0.1) is 30.5 Å². The van der Waals surface area contributed by atoms with Crippen LogP contribution in [0.15, 0.2) is 30.3 Å². The summed E-state index contributed by atoms with van der Waals surface area (Å²) >= 11 is 1.21. The van der Waals surface area contributed by atoms with Crippen molar-refractivity contribution in [1.29, 1.82) is 0 Å². The number of rotatable bonds is 13. The number of nitrogens with one attached hydrogen (secondary N) is 2. The Hall–Kier alpha value is -2.43. The van der Waals surface area contributed by atoms with E-state index in [4.69, 9.17) is 9.47 Å². The van der Waals surface area contributed by atoms with Crippen LogP contribution in [0, 0.1) is 11.8 Å². The van der Waals surface area contributed by atoms with Gasteiger partial charge >= 0.3 is 6.09 Å². The molecular formula is C28H43N5O4S. The molecule has 0 spiro atoms. The first-order chi connectivity index (χ1) is 18.5. The number of aromatic nitrogens is 2. The standard InChI is InChI=1S/C28H43N5O4S/c1-20(36-2)19-37-25(22-12-7-4-8-13-22)23-14-9-15-33(18-23)27-26(31-38-32-27)30-24(17-29-28(34)35)16-21-10-5-3-6-11-21/h4,7-8,12-13,20-21,23-25,29H,3,5-6,9-11,14-19H2,1-2H3,(H,30,31)(H,34,35)/t20?,23?,24-,25?/m0/s1. The monoisotopic (exact) mass is 545 g/mol. The second-order valence-corrected chi connectivity index (χ2v) is 11.3. The fourth-order valence-corrected chi connectivity index (χ4v) is 6.34. The summed E-state index contributed by atoms with van der Waals surface area (Å²) < 4.78 is 21.2. The zero-order chi connectivity index (χ0) is 26.7. The van der Waals surface area contributed by atoms with Crippen molar-refractivity contribution >= 4 is 29.5 Å². The second-order valence-electron chi connectivity index (χ2n) is 10.8. The van der Waals surface area contributed by atoms with Gasteiger partial charge in [-0.3, -0.25) is 0 Å². The van der Waals surface area contributed by atoms with Gasteiger partial charge in [-0.2, -0.15) is 8.75 Å². The molecule has 1 saturated heterocycles. The number of hydrogen-bond acceptors (Lipinski definition) is 8. The van der Waals surface area contributed by atoms with E-state index >= 15 is 0 Å². The Kier molecular flexibility index (Phi) is 11.0. The Morgan fingerprint density at radius 1 is 1.16 bits per heavy atom. The predicted molar refractivity (Wildman–Crippen MR) is 151 cm³/mol. The largest absolute Gasteiger partial charge is 0.465 e. The summed E-state index contributed by atoms with van der Waals surface area (Å²) in [6, 6.07) is 10.4. The van der Waals surface area contributed by atoms with Crippen molar-refractivity contribution in [2.24, 2.45) is 11.8 Å². The SMILES string of the molecule is COC(C)COC(c1ccccc1)C1CCCN(c2nsnc2N[C@H](CNC(=O)O)CC2CCCCC2)C1. The van der Waals surface area contributed by atoms with Crippen LogP contribution < -0.4 is 15.5 Å². The van der Waals surface area contributed by atoms with Crippen LogP contribution in [0.1, 0.15) is 70.0 Å². The molecule has 9 nitrogen and oxygen atoms in total. The summed E-state index contributed by atoms with van der Waals surface area (Å²) in [7, 11) is 1.71. The lowest BCUT2D eigenvalue weighted by molar-refractivity contribution is -0.0461.